The molecule has 0 N–H and O–H groups in total. The number of ether oxygens (including phenoxy) is 4. The molecule has 1 aliphatic rings. The van der Waals surface area contributed by atoms with Crippen LogP contribution in [0.5, 0.6) is 23.0 Å². The first kappa shape index (κ1) is 29.2. The molecular weight excluding hydrogens is 588 g/mol. The van der Waals surface area contributed by atoms with Crippen molar-refractivity contribution in [3.05, 3.63) is 131 Å². The zero-order valence-electron chi connectivity index (χ0n) is 25.5. The maximum atomic E-state index is 12.7. The minimum absolute atomic E-state index is 0.0745. The maximum Gasteiger partial charge on any atom is 0.236 e. The van der Waals surface area contributed by atoms with Crippen molar-refractivity contribution in [2.45, 2.75) is 0 Å². The van der Waals surface area contributed by atoms with Gasteiger partial charge in [0.05, 0.1) is 14.2 Å². The molecule has 0 spiro atoms. The molecule has 0 fully saturated rings. The van der Waals surface area contributed by atoms with E-state index >= 15 is 0 Å². The molecule has 0 atom stereocenters. The number of hydrogen-bond donors (Lipinski definition) is 0. The monoisotopic (exact) mass is 614 g/mol. The lowest BCUT2D eigenvalue weighted by molar-refractivity contribution is 0.104. The van der Waals surface area contributed by atoms with E-state index in [0.717, 1.165) is 43.8 Å². The van der Waals surface area contributed by atoms with Gasteiger partial charge >= 0.3 is 0 Å². The zero-order chi connectivity index (χ0) is 32.3. The number of hydrogen-bond acceptors (Lipinski definition) is 6. The summed E-state index contributed by atoms with van der Waals surface area (Å²) < 4.78 is 22.4. The molecule has 226 valence electrons. The van der Waals surface area contributed by atoms with E-state index in [9.17, 15) is 9.59 Å². The summed E-state index contributed by atoms with van der Waals surface area (Å²) in [6.07, 6.45) is 0. The van der Waals surface area contributed by atoms with Crippen molar-refractivity contribution >= 4 is 33.1 Å². The zero-order valence-corrected chi connectivity index (χ0v) is 25.5. The minimum atomic E-state index is -0.269. The molecule has 1 heterocycles. The van der Waals surface area contributed by atoms with Crippen molar-refractivity contribution in [1.82, 2.24) is 0 Å². The van der Waals surface area contributed by atoms with Gasteiger partial charge in [0.1, 0.15) is 23.0 Å². The van der Waals surface area contributed by atoms with E-state index < -0.39 is 0 Å². The second-order valence-electron chi connectivity index (χ2n) is 10.8. The summed E-state index contributed by atoms with van der Waals surface area (Å²) in [4.78, 5) is 25.4. The molecular formula is C41H26O6. The number of fused-ring (bicyclic) bond motifs is 7. The van der Waals surface area contributed by atoms with Gasteiger partial charge in [0.25, 0.3) is 0 Å². The van der Waals surface area contributed by atoms with Crippen molar-refractivity contribution in [3.63, 3.8) is 0 Å². The van der Waals surface area contributed by atoms with Crippen LogP contribution < -0.4 is 18.9 Å². The number of methoxy groups -OCH3 is 2. The fourth-order valence-electron chi connectivity index (χ4n) is 5.57. The highest BCUT2D eigenvalue weighted by Gasteiger charge is 2.22. The fraction of sp³-hybridized carbons (Fsp3) is 0.0732. The number of rotatable bonds is 4. The Hall–Kier alpha value is -6.50. The summed E-state index contributed by atoms with van der Waals surface area (Å²) in [5.41, 5.74) is 4.25. The quantitative estimate of drug-likeness (QED) is 0.149. The van der Waals surface area contributed by atoms with Gasteiger partial charge in [-0.3, -0.25) is 9.59 Å². The molecule has 0 bridgehead atoms. The number of Topliss-reactive ketones (excluding diaryl/α,β-unsaturated/α-hetero) is 2. The third kappa shape index (κ3) is 5.84. The first-order valence-corrected chi connectivity index (χ1v) is 14.8. The molecule has 0 radical (unpaired) electrons. The average molecular weight is 615 g/mol. The lowest BCUT2D eigenvalue weighted by Gasteiger charge is -2.14. The van der Waals surface area contributed by atoms with Crippen LogP contribution in [-0.4, -0.2) is 32.6 Å². The Balaban J connectivity index is 1.24. The van der Waals surface area contributed by atoms with Crippen LogP contribution >= 0.6 is 0 Å². The Morgan fingerprint density at radius 1 is 0.553 bits per heavy atom. The largest absolute Gasteiger partial charge is 0.497 e. The van der Waals surface area contributed by atoms with Crippen molar-refractivity contribution in [2.24, 2.45) is 0 Å². The molecule has 0 amide bonds. The number of carbonyl (C=O) groups is 2. The Morgan fingerprint density at radius 2 is 0.979 bits per heavy atom. The second kappa shape index (κ2) is 12.5. The van der Waals surface area contributed by atoms with Crippen molar-refractivity contribution in [3.8, 4) is 57.8 Å². The van der Waals surface area contributed by atoms with Gasteiger partial charge in [0, 0.05) is 33.4 Å². The van der Waals surface area contributed by atoms with E-state index in [1.165, 1.54) is 0 Å². The first-order chi connectivity index (χ1) is 23.0. The van der Waals surface area contributed by atoms with E-state index in [0.29, 0.717) is 34.1 Å². The Morgan fingerprint density at radius 3 is 1.38 bits per heavy atom. The van der Waals surface area contributed by atoms with Gasteiger partial charge in [-0.05, 0) is 118 Å². The lowest BCUT2D eigenvalue weighted by Crippen LogP contribution is -2.03. The van der Waals surface area contributed by atoms with E-state index in [2.05, 4.69) is 23.7 Å². The first-order valence-electron chi connectivity index (χ1n) is 14.8. The topological polar surface area (TPSA) is 71.1 Å². The van der Waals surface area contributed by atoms with Crippen molar-refractivity contribution < 1.29 is 28.5 Å². The molecule has 47 heavy (non-hydrogen) atoms. The molecule has 7 rings (SSSR count). The van der Waals surface area contributed by atoms with Gasteiger partial charge in [0.2, 0.25) is 18.4 Å². The SMILES string of the molecule is COc1ccc(C(=O)C#Cc2ccc3c4c(ccc3c2)OCOc2ccc3cc(C#CC(=O)c5ccc(OC)cc5)ccc3c2-4)cc1. The van der Waals surface area contributed by atoms with Crippen molar-refractivity contribution in [1.29, 1.82) is 0 Å². The predicted molar refractivity (Wildman–Crippen MR) is 181 cm³/mol. The van der Waals surface area contributed by atoms with Crippen LogP contribution in [0.1, 0.15) is 31.8 Å². The van der Waals surface area contributed by atoms with Gasteiger partial charge < -0.3 is 18.9 Å². The van der Waals surface area contributed by atoms with Gasteiger partial charge in [-0.25, -0.2) is 0 Å². The van der Waals surface area contributed by atoms with Crippen LogP contribution in [0.4, 0.5) is 0 Å². The third-order valence-corrected chi connectivity index (χ3v) is 7.99. The van der Waals surface area contributed by atoms with Crippen LogP contribution in [0.15, 0.2) is 109 Å². The average Bonchev–Trinajstić information content (AvgIpc) is 3.32. The lowest BCUT2D eigenvalue weighted by atomic mass is 9.91. The van der Waals surface area contributed by atoms with Crippen LogP contribution in [-0.2, 0) is 0 Å². The van der Waals surface area contributed by atoms with Crippen molar-refractivity contribution in [2.75, 3.05) is 21.0 Å². The molecule has 0 saturated heterocycles. The molecule has 6 nitrogen and oxygen atoms in total. The van der Waals surface area contributed by atoms with E-state index in [1.807, 2.05) is 60.7 Å². The number of ketones is 2. The molecule has 6 heteroatoms. The van der Waals surface area contributed by atoms with E-state index in [-0.39, 0.29) is 18.4 Å². The number of benzene rings is 6. The van der Waals surface area contributed by atoms with Crippen LogP contribution in [0, 0.1) is 23.7 Å². The molecule has 1 aliphatic heterocycles. The number of carbonyl (C=O) groups excluding carboxylic acids is 2. The smallest absolute Gasteiger partial charge is 0.236 e. The molecule has 0 aliphatic carbocycles. The summed E-state index contributed by atoms with van der Waals surface area (Å²) in [6, 6.07) is 33.3. The molecule has 0 saturated carbocycles. The normalized spacial score (nSPS) is 11.3. The van der Waals surface area contributed by atoms with Gasteiger partial charge in [-0.1, -0.05) is 36.1 Å². The van der Waals surface area contributed by atoms with Gasteiger partial charge in [-0.15, -0.1) is 0 Å². The fourth-order valence-corrected chi connectivity index (χ4v) is 5.57. The summed E-state index contributed by atoms with van der Waals surface area (Å²) in [5.74, 6) is 13.8. The summed E-state index contributed by atoms with van der Waals surface area (Å²) in [6.45, 7) is 0.0745. The summed E-state index contributed by atoms with van der Waals surface area (Å²) in [5, 5.41) is 3.81. The van der Waals surface area contributed by atoms with Crippen LogP contribution in [0.25, 0.3) is 32.7 Å². The highest BCUT2D eigenvalue weighted by atomic mass is 16.7. The molecule has 6 aromatic carbocycles. The van der Waals surface area contributed by atoms with Gasteiger partial charge in [0.15, 0.2) is 0 Å². The summed E-state index contributed by atoms with van der Waals surface area (Å²) in [7, 11) is 3.16. The predicted octanol–water partition coefficient (Wildman–Crippen LogP) is 7.87. The van der Waals surface area contributed by atoms with E-state index in [1.54, 1.807) is 62.8 Å². The molecule has 6 aromatic rings. The minimum Gasteiger partial charge on any atom is -0.497 e. The van der Waals surface area contributed by atoms with Crippen LogP contribution in [0.3, 0.4) is 0 Å². The maximum absolute atomic E-state index is 12.7. The molecule has 0 unspecified atom stereocenters. The van der Waals surface area contributed by atoms with Crippen LogP contribution in [0.2, 0.25) is 0 Å². The Kier molecular flexibility index (Phi) is 7.76. The third-order valence-electron chi connectivity index (χ3n) is 7.99. The Bertz CT molecular complexity index is 2160. The highest BCUT2D eigenvalue weighted by molar-refractivity contribution is 6.12. The Labute approximate surface area is 271 Å². The second-order valence-corrected chi connectivity index (χ2v) is 10.8. The highest BCUT2D eigenvalue weighted by Crippen LogP contribution is 2.47. The standard InChI is InChI=1S/C41H26O6/c1-44-32-13-7-28(8-14-32)36(42)19-5-26-3-17-34-30(23-26)11-21-38-40(34)41-35-18-4-27(24-31(35)12-22-39(41)47-25-46-38)6-20-37(43)29-9-15-33(45-2)16-10-29/h3-4,7-18,21-24H,25H2,1-2H3. The molecule has 0 aromatic heterocycles. The van der Waals surface area contributed by atoms with E-state index in [4.69, 9.17) is 18.9 Å². The summed E-state index contributed by atoms with van der Waals surface area (Å²) >= 11 is 0. The van der Waals surface area contributed by atoms with Gasteiger partial charge in [-0.2, -0.15) is 0 Å².